The highest BCUT2D eigenvalue weighted by molar-refractivity contribution is 6.04. The van der Waals surface area contributed by atoms with Crippen LogP contribution in [0.1, 0.15) is 28.9 Å². The predicted octanol–water partition coefficient (Wildman–Crippen LogP) is 3.75. The zero-order chi connectivity index (χ0) is 25.3. The molecule has 2 aromatic heterocycles. The molecule has 2 unspecified atom stereocenters. The molecule has 0 saturated carbocycles. The number of hydrogen-bond acceptors (Lipinski definition) is 9. The highest BCUT2D eigenvalue weighted by atomic mass is 16.6. The number of ether oxygens (including phenoxy) is 3. The molecule has 0 aliphatic rings. The van der Waals surface area contributed by atoms with Crippen molar-refractivity contribution in [1.82, 2.24) is 0 Å². The van der Waals surface area contributed by atoms with E-state index in [0.717, 1.165) is 0 Å². The lowest BCUT2D eigenvalue weighted by molar-refractivity contribution is -0.00855. The molecule has 1 N–H and O–H groups in total. The maximum atomic E-state index is 13.5. The number of fused-ring (bicyclic) bond motifs is 2. The summed E-state index contributed by atoms with van der Waals surface area (Å²) in [7, 11) is 2.74. The van der Waals surface area contributed by atoms with Crippen LogP contribution in [0.15, 0.2) is 79.1 Å². The molecule has 0 aliphatic carbocycles. The molecular weight excluding hydrogens is 456 g/mol. The number of carbonyl (C=O) groups excluding carboxylic acids is 1. The fourth-order valence-electron chi connectivity index (χ4n) is 3.77. The average molecular weight is 478 g/mol. The molecule has 0 fully saturated rings. The van der Waals surface area contributed by atoms with Gasteiger partial charge in [-0.3, -0.25) is 0 Å². The topological polar surface area (TPSA) is 125 Å². The molecule has 9 heteroatoms. The van der Waals surface area contributed by atoms with E-state index < -0.39 is 29.4 Å². The van der Waals surface area contributed by atoms with Gasteiger partial charge < -0.3 is 28.2 Å². The number of benzene rings is 2. The summed E-state index contributed by atoms with van der Waals surface area (Å²) < 4.78 is 27.2. The van der Waals surface area contributed by atoms with Gasteiger partial charge in [0.05, 0.1) is 19.8 Å². The van der Waals surface area contributed by atoms with Crippen molar-refractivity contribution in [1.29, 1.82) is 0 Å². The molecule has 180 valence electrons. The smallest absolute Gasteiger partial charge is 0.346 e. The molecular formula is C26H22O9. The summed E-state index contributed by atoms with van der Waals surface area (Å²) in [5.74, 6) is -0.650. The van der Waals surface area contributed by atoms with Gasteiger partial charge in [0.1, 0.15) is 28.7 Å². The minimum Gasteiger partial charge on any atom is -0.496 e. The highest BCUT2D eigenvalue weighted by Gasteiger charge is 2.34. The molecule has 4 rings (SSSR count). The van der Waals surface area contributed by atoms with Gasteiger partial charge in [0.15, 0.2) is 11.7 Å². The van der Waals surface area contributed by atoms with Crippen LogP contribution in [0.4, 0.5) is 0 Å². The summed E-state index contributed by atoms with van der Waals surface area (Å²) in [6, 6.07) is 11.9. The van der Waals surface area contributed by atoms with Gasteiger partial charge in [-0.05, 0) is 48.9 Å². The Morgan fingerprint density at radius 3 is 1.94 bits per heavy atom. The standard InChI is InChI=1S/C26H22O9/c1-13(2)22(29)25(20-16(31-3)9-5-14-7-11-18(27)33-23(14)20)35-26(30)21-17(32-4)10-6-15-8-12-19(28)34-24(15)21/h5-12,22,25,29H,1H2,2-4H3. The Morgan fingerprint density at radius 2 is 1.37 bits per heavy atom. The van der Waals surface area contributed by atoms with E-state index in [-0.39, 0.29) is 39.4 Å². The first kappa shape index (κ1) is 23.8. The van der Waals surface area contributed by atoms with E-state index in [1.807, 2.05) is 0 Å². The Labute approximate surface area is 198 Å². The van der Waals surface area contributed by atoms with Gasteiger partial charge in [0, 0.05) is 22.9 Å². The number of aliphatic hydroxyl groups excluding tert-OH is 1. The Morgan fingerprint density at radius 1 is 0.857 bits per heavy atom. The van der Waals surface area contributed by atoms with Gasteiger partial charge in [0.25, 0.3) is 0 Å². The maximum absolute atomic E-state index is 13.5. The molecule has 0 spiro atoms. The van der Waals surface area contributed by atoms with Crippen LogP contribution in [0.25, 0.3) is 21.9 Å². The molecule has 4 aromatic rings. The zero-order valence-electron chi connectivity index (χ0n) is 19.2. The van der Waals surface area contributed by atoms with Crippen molar-refractivity contribution in [2.45, 2.75) is 19.1 Å². The van der Waals surface area contributed by atoms with Crippen molar-refractivity contribution in [3.63, 3.8) is 0 Å². The molecule has 0 amide bonds. The normalized spacial score (nSPS) is 12.8. The number of methoxy groups -OCH3 is 2. The summed E-state index contributed by atoms with van der Waals surface area (Å²) in [4.78, 5) is 37.4. The third kappa shape index (κ3) is 4.41. The van der Waals surface area contributed by atoms with E-state index in [9.17, 15) is 19.5 Å². The van der Waals surface area contributed by atoms with Crippen LogP contribution in [0, 0.1) is 0 Å². The Balaban J connectivity index is 1.94. The predicted molar refractivity (Wildman–Crippen MR) is 127 cm³/mol. The largest absolute Gasteiger partial charge is 0.496 e. The van der Waals surface area contributed by atoms with Crippen LogP contribution in [-0.4, -0.2) is 31.4 Å². The van der Waals surface area contributed by atoms with E-state index in [4.69, 9.17) is 23.0 Å². The van der Waals surface area contributed by atoms with Crippen LogP contribution in [0.2, 0.25) is 0 Å². The van der Waals surface area contributed by atoms with Crippen LogP contribution >= 0.6 is 0 Å². The van der Waals surface area contributed by atoms with E-state index in [1.165, 1.54) is 38.5 Å². The highest BCUT2D eigenvalue weighted by Crippen LogP contribution is 2.39. The number of esters is 1. The van der Waals surface area contributed by atoms with Gasteiger partial charge in [-0.15, -0.1) is 0 Å². The van der Waals surface area contributed by atoms with Gasteiger partial charge >= 0.3 is 17.2 Å². The number of carbonyl (C=O) groups is 1. The molecule has 35 heavy (non-hydrogen) atoms. The first-order chi connectivity index (χ1) is 16.7. The lowest BCUT2D eigenvalue weighted by atomic mass is 9.96. The molecule has 2 aromatic carbocycles. The lowest BCUT2D eigenvalue weighted by Gasteiger charge is -2.26. The van der Waals surface area contributed by atoms with Crippen molar-refractivity contribution >= 4 is 27.9 Å². The minimum absolute atomic E-state index is 0.0400. The van der Waals surface area contributed by atoms with Crippen LogP contribution in [-0.2, 0) is 4.74 Å². The van der Waals surface area contributed by atoms with E-state index in [0.29, 0.717) is 10.8 Å². The Hall–Kier alpha value is -4.37. The number of aliphatic hydroxyl groups is 1. The summed E-state index contributed by atoms with van der Waals surface area (Å²) in [5, 5.41) is 12.0. The average Bonchev–Trinajstić information content (AvgIpc) is 2.85. The molecule has 0 radical (unpaired) electrons. The van der Waals surface area contributed by atoms with Crippen molar-refractivity contribution in [3.05, 3.63) is 92.7 Å². The summed E-state index contributed by atoms with van der Waals surface area (Å²) >= 11 is 0. The third-order valence-corrected chi connectivity index (χ3v) is 5.49. The first-order valence-corrected chi connectivity index (χ1v) is 10.5. The van der Waals surface area contributed by atoms with Crippen molar-refractivity contribution in [3.8, 4) is 11.5 Å². The SMILES string of the molecule is C=C(C)C(O)C(OC(=O)c1c(OC)ccc2ccc(=O)oc12)c1c(OC)ccc2ccc(=O)oc12. The van der Waals surface area contributed by atoms with Gasteiger partial charge in [-0.1, -0.05) is 6.58 Å². The molecule has 0 bridgehead atoms. The molecule has 2 atom stereocenters. The quantitative estimate of drug-likeness (QED) is 0.240. The summed E-state index contributed by atoms with van der Waals surface area (Å²) in [6.45, 7) is 5.32. The molecule has 2 heterocycles. The fraction of sp³-hybridized carbons (Fsp3) is 0.192. The fourth-order valence-corrected chi connectivity index (χ4v) is 3.77. The summed E-state index contributed by atoms with van der Waals surface area (Å²) in [5.41, 5.74) is -1.02. The van der Waals surface area contributed by atoms with Gasteiger partial charge in [0.2, 0.25) is 0 Å². The van der Waals surface area contributed by atoms with Crippen molar-refractivity contribution in [2.24, 2.45) is 0 Å². The Bertz CT molecular complexity index is 1560. The van der Waals surface area contributed by atoms with Crippen LogP contribution in [0.3, 0.4) is 0 Å². The second-order valence-electron chi connectivity index (χ2n) is 7.79. The maximum Gasteiger partial charge on any atom is 0.346 e. The van der Waals surface area contributed by atoms with E-state index in [2.05, 4.69) is 6.58 Å². The van der Waals surface area contributed by atoms with Crippen molar-refractivity contribution < 1.29 is 32.9 Å². The van der Waals surface area contributed by atoms with Crippen LogP contribution < -0.4 is 20.7 Å². The van der Waals surface area contributed by atoms with Gasteiger partial charge in [-0.25, -0.2) is 14.4 Å². The molecule has 0 aliphatic heterocycles. The molecule has 0 saturated heterocycles. The second kappa shape index (κ2) is 9.47. The Kier molecular flexibility index (Phi) is 6.44. The lowest BCUT2D eigenvalue weighted by Crippen LogP contribution is -2.26. The van der Waals surface area contributed by atoms with Gasteiger partial charge in [-0.2, -0.15) is 0 Å². The number of hydrogen-bond donors (Lipinski definition) is 1. The number of rotatable bonds is 7. The van der Waals surface area contributed by atoms with Crippen LogP contribution in [0.5, 0.6) is 11.5 Å². The third-order valence-electron chi connectivity index (χ3n) is 5.49. The molecule has 9 nitrogen and oxygen atoms in total. The second-order valence-corrected chi connectivity index (χ2v) is 7.79. The van der Waals surface area contributed by atoms with E-state index >= 15 is 0 Å². The van der Waals surface area contributed by atoms with Crippen molar-refractivity contribution in [2.75, 3.05) is 14.2 Å². The zero-order valence-corrected chi connectivity index (χ0v) is 19.2. The minimum atomic E-state index is -1.41. The monoisotopic (exact) mass is 478 g/mol. The first-order valence-electron chi connectivity index (χ1n) is 10.5. The van der Waals surface area contributed by atoms with E-state index in [1.54, 1.807) is 31.2 Å². The summed E-state index contributed by atoms with van der Waals surface area (Å²) in [6.07, 6.45) is -2.81.